The lowest BCUT2D eigenvalue weighted by atomic mass is 9.65. The van der Waals surface area contributed by atoms with Crippen molar-refractivity contribution in [2.24, 2.45) is 16.6 Å². The quantitative estimate of drug-likeness (QED) is 0.525. The van der Waals surface area contributed by atoms with Crippen LogP contribution < -0.4 is 9.92 Å². The molecular formula is C24H35N3O8S. The number of carbonyl (C=O) groups excluding carboxylic acids is 2. The summed E-state index contributed by atoms with van der Waals surface area (Å²) in [6.45, 7) is 13.4. The summed E-state index contributed by atoms with van der Waals surface area (Å²) in [6, 6.07) is -0.826. The molecule has 36 heavy (non-hydrogen) atoms. The minimum absolute atomic E-state index is 0.0581. The number of primary amides is 1. The van der Waals surface area contributed by atoms with Crippen LogP contribution in [0.5, 0.6) is 5.75 Å². The van der Waals surface area contributed by atoms with Gasteiger partial charge in [0.2, 0.25) is 5.91 Å². The molecule has 0 aliphatic carbocycles. The first-order valence-corrected chi connectivity index (χ1v) is 13.1. The topological polar surface area (TPSA) is 157 Å². The molecule has 3 amide bonds. The van der Waals surface area contributed by atoms with Crippen LogP contribution in [0.25, 0.3) is 0 Å². The number of nitrogens with zero attached hydrogens (tertiary/aromatic N) is 2. The Hall–Kier alpha value is -2.86. The highest BCUT2D eigenvalue weighted by molar-refractivity contribution is 7.82. The predicted octanol–water partition coefficient (Wildman–Crippen LogP) is 2.93. The van der Waals surface area contributed by atoms with Crippen molar-refractivity contribution in [2.75, 3.05) is 6.54 Å². The third-order valence-electron chi connectivity index (χ3n) is 7.74. The highest BCUT2D eigenvalue weighted by Gasteiger charge is 2.49. The van der Waals surface area contributed by atoms with Gasteiger partial charge in [-0.25, -0.2) is 9.59 Å². The summed E-state index contributed by atoms with van der Waals surface area (Å²) in [5.41, 5.74) is 6.02. The van der Waals surface area contributed by atoms with Crippen molar-refractivity contribution in [3.05, 3.63) is 28.3 Å². The number of carbonyl (C=O) groups is 3. The van der Waals surface area contributed by atoms with Crippen LogP contribution in [-0.4, -0.2) is 60.0 Å². The molecule has 1 aromatic carbocycles. The summed E-state index contributed by atoms with van der Waals surface area (Å²) in [4.78, 5) is 37.6. The minimum Gasteiger partial charge on any atom is -0.478 e. The highest BCUT2D eigenvalue weighted by Crippen LogP contribution is 2.44. The number of benzene rings is 1. The van der Waals surface area contributed by atoms with Crippen LogP contribution in [0.2, 0.25) is 0 Å². The second-order valence-electron chi connectivity index (χ2n) is 11.3. The molecule has 2 heterocycles. The molecule has 0 aromatic heterocycles. The summed E-state index contributed by atoms with van der Waals surface area (Å²) < 4.78 is 36.5. The van der Waals surface area contributed by atoms with Crippen LogP contribution in [0.1, 0.15) is 74.5 Å². The first-order chi connectivity index (χ1) is 16.4. The zero-order chi connectivity index (χ0) is 27.4. The Morgan fingerprint density at radius 2 is 1.78 bits per heavy atom. The van der Waals surface area contributed by atoms with Crippen LogP contribution in [0.4, 0.5) is 4.79 Å². The number of urea groups is 1. The van der Waals surface area contributed by atoms with Gasteiger partial charge in [-0.1, -0.05) is 34.6 Å². The van der Waals surface area contributed by atoms with E-state index in [2.05, 4.69) is 0 Å². The molecule has 3 N–H and O–H groups in total. The Morgan fingerprint density at radius 3 is 2.31 bits per heavy atom. The van der Waals surface area contributed by atoms with Gasteiger partial charge in [0.15, 0.2) is 0 Å². The Kier molecular flexibility index (Phi) is 7.10. The van der Waals surface area contributed by atoms with E-state index in [1.807, 2.05) is 34.6 Å². The Labute approximate surface area is 211 Å². The third-order valence-corrected chi connectivity index (χ3v) is 8.47. The minimum atomic E-state index is -4.79. The molecule has 12 heteroatoms. The zero-order valence-electron chi connectivity index (χ0n) is 21.7. The normalized spacial score (nSPS) is 20.6. The average molecular weight is 526 g/mol. The predicted molar refractivity (Wildman–Crippen MR) is 130 cm³/mol. The maximum absolute atomic E-state index is 13.0. The number of carboxylic acid groups (broad SMARTS) is 1. The van der Waals surface area contributed by atoms with E-state index in [4.69, 9.17) is 14.2 Å². The van der Waals surface area contributed by atoms with Crippen LogP contribution >= 0.6 is 0 Å². The van der Waals surface area contributed by atoms with Gasteiger partial charge in [0, 0.05) is 12.1 Å². The van der Waals surface area contributed by atoms with E-state index < -0.39 is 40.4 Å². The van der Waals surface area contributed by atoms with Gasteiger partial charge in [-0.3, -0.25) is 4.79 Å². The molecule has 0 spiro atoms. The maximum Gasteiger partial charge on any atom is 0.470 e. The lowest BCUT2D eigenvalue weighted by Crippen LogP contribution is -2.47. The van der Waals surface area contributed by atoms with E-state index >= 15 is 0 Å². The number of fused-ring (bicyclic) bond motifs is 2. The van der Waals surface area contributed by atoms with E-state index in [0.29, 0.717) is 41.0 Å². The lowest BCUT2D eigenvalue weighted by molar-refractivity contribution is -0.122. The summed E-state index contributed by atoms with van der Waals surface area (Å²) in [5, 5.41) is 10.5. The van der Waals surface area contributed by atoms with Gasteiger partial charge in [0.05, 0.1) is 11.6 Å². The number of hydrogen-bond donors (Lipinski definition) is 2. The van der Waals surface area contributed by atoms with E-state index in [0.717, 1.165) is 0 Å². The molecule has 1 aromatic rings. The number of nitrogens with two attached hydrogens (primary N) is 1. The molecule has 200 valence electrons. The number of carboxylic acids is 1. The molecule has 2 fully saturated rings. The Bertz CT molecular complexity index is 1200. The number of hydrogen-bond acceptors (Lipinski definition) is 7. The Morgan fingerprint density at radius 1 is 1.17 bits per heavy atom. The van der Waals surface area contributed by atoms with Crippen LogP contribution in [0, 0.1) is 24.7 Å². The average Bonchev–Trinajstić information content (AvgIpc) is 2.93. The van der Waals surface area contributed by atoms with E-state index in [-0.39, 0.29) is 28.7 Å². The van der Waals surface area contributed by atoms with Gasteiger partial charge in [-0.05, 0) is 61.1 Å². The number of rotatable bonds is 8. The maximum atomic E-state index is 13.0. The fourth-order valence-electron chi connectivity index (χ4n) is 4.57. The second-order valence-corrected chi connectivity index (χ2v) is 12.4. The summed E-state index contributed by atoms with van der Waals surface area (Å²) in [6.07, 6.45) is 0.961. The number of amides is 3. The molecule has 2 aliphatic heterocycles. The van der Waals surface area contributed by atoms with Crippen LogP contribution in [0.3, 0.4) is 0 Å². The molecule has 0 radical (unpaired) electrons. The molecule has 2 atom stereocenters. The van der Waals surface area contributed by atoms with Crippen molar-refractivity contribution >= 4 is 28.3 Å². The second kappa shape index (κ2) is 9.22. The largest absolute Gasteiger partial charge is 0.478 e. The summed E-state index contributed by atoms with van der Waals surface area (Å²) in [5.74, 6) is -1.85. The van der Waals surface area contributed by atoms with Gasteiger partial charge in [0.1, 0.15) is 11.8 Å². The number of aryl methyl sites for hydroxylation is 1. The van der Waals surface area contributed by atoms with E-state index in [9.17, 15) is 27.9 Å². The fourth-order valence-corrected chi connectivity index (χ4v) is 5.35. The van der Waals surface area contributed by atoms with E-state index in [1.165, 1.54) is 11.0 Å². The number of piperidine rings is 1. The molecule has 0 unspecified atom stereocenters. The van der Waals surface area contributed by atoms with Crippen molar-refractivity contribution in [1.82, 2.24) is 9.96 Å². The highest BCUT2D eigenvalue weighted by atomic mass is 32.3. The van der Waals surface area contributed by atoms with Crippen molar-refractivity contribution in [1.29, 1.82) is 0 Å². The molecule has 2 bridgehead atoms. The summed E-state index contributed by atoms with van der Waals surface area (Å²) >= 11 is 0. The smallest absolute Gasteiger partial charge is 0.470 e. The van der Waals surface area contributed by atoms with Crippen molar-refractivity contribution < 1.29 is 36.4 Å². The van der Waals surface area contributed by atoms with Gasteiger partial charge < -0.3 is 19.9 Å². The molecule has 2 saturated heterocycles. The SMILES string of the molecule is Cc1cc(OS(=O)(=O)ON2C(=O)N3C[C@H]2CC[C@H]3C(N)=O)c(CC(C)(C)C(C)(C)C)c(C)c1C(=O)O. The lowest BCUT2D eigenvalue weighted by Gasteiger charge is -2.40. The number of hydroxylamine groups is 2. The molecule has 2 aliphatic rings. The van der Waals surface area contributed by atoms with Crippen molar-refractivity contribution in [3.63, 3.8) is 0 Å². The standard InChI is InChI=1S/C24H35N3O8S/c1-13-10-18(16(14(2)19(13)21(29)30)11-24(6,7)23(3,4)5)34-36(32,33)35-27-15-8-9-17(20(25)28)26(12-15)22(27)31/h10,15,17H,8-9,11-12H2,1-7H3,(H2,25,28)(H,29,30)/t15-,17+/m1/s1. The zero-order valence-corrected chi connectivity index (χ0v) is 22.6. The molecule has 0 saturated carbocycles. The Balaban J connectivity index is 1.96. The molecular weight excluding hydrogens is 490 g/mol. The summed E-state index contributed by atoms with van der Waals surface area (Å²) in [7, 11) is -4.79. The van der Waals surface area contributed by atoms with Crippen LogP contribution in [0.15, 0.2) is 6.07 Å². The van der Waals surface area contributed by atoms with E-state index in [1.54, 1.807) is 13.8 Å². The van der Waals surface area contributed by atoms with Crippen molar-refractivity contribution in [3.8, 4) is 5.75 Å². The van der Waals surface area contributed by atoms with Crippen molar-refractivity contribution in [2.45, 2.75) is 79.8 Å². The van der Waals surface area contributed by atoms with Gasteiger partial charge in [-0.15, -0.1) is 4.28 Å². The monoisotopic (exact) mass is 525 g/mol. The first kappa shape index (κ1) is 27.7. The first-order valence-electron chi connectivity index (χ1n) is 11.8. The molecule has 11 nitrogen and oxygen atoms in total. The third kappa shape index (κ3) is 5.15. The van der Waals surface area contributed by atoms with Gasteiger partial charge in [0.25, 0.3) is 0 Å². The molecule has 3 rings (SSSR count). The number of aromatic carboxylic acids is 1. The van der Waals surface area contributed by atoms with Crippen LogP contribution in [-0.2, 0) is 25.9 Å². The fraction of sp³-hybridized carbons (Fsp3) is 0.625. The van der Waals surface area contributed by atoms with Gasteiger partial charge in [-0.2, -0.15) is 13.5 Å². The van der Waals surface area contributed by atoms with Gasteiger partial charge >= 0.3 is 22.4 Å².